The van der Waals surface area contributed by atoms with Gasteiger partial charge in [-0.15, -0.1) is 10.2 Å². The molecule has 0 N–H and O–H groups in total. The number of nitrogens with zero attached hydrogens (tertiary/aromatic N) is 4. The fourth-order valence-electron chi connectivity index (χ4n) is 3.73. The molecule has 5 nitrogen and oxygen atoms in total. The highest BCUT2D eigenvalue weighted by atomic mass is 32.2. The standard InChI is InChI=1S/C19H24N4OS/c1-13-20-21-19(23(13)15-10-11-15)25-12-18(24)22(2)17-9-5-7-14-6-3-4-8-16(14)17/h3-4,6,8,15,17H,5,7,9-12H2,1-2H3/t17-/m0/s1. The minimum absolute atomic E-state index is 0.162. The maximum Gasteiger partial charge on any atom is 0.233 e. The number of carbonyl (C=O) groups is 1. The Hall–Kier alpha value is -1.82. The van der Waals surface area contributed by atoms with Crippen LogP contribution in [0, 0.1) is 6.92 Å². The topological polar surface area (TPSA) is 51.0 Å². The number of aromatic nitrogens is 3. The molecule has 2 aliphatic carbocycles. The number of amides is 1. The summed E-state index contributed by atoms with van der Waals surface area (Å²) in [5.41, 5.74) is 2.70. The lowest BCUT2D eigenvalue weighted by molar-refractivity contribution is -0.129. The van der Waals surface area contributed by atoms with Gasteiger partial charge in [0.2, 0.25) is 5.91 Å². The van der Waals surface area contributed by atoms with Gasteiger partial charge in [-0.2, -0.15) is 0 Å². The van der Waals surface area contributed by atoms with E-state index >= 15 is 0 Å². The predicted molar refractivity (Wildman–Crippen MR) is 98.6 cm³/mol. The molecule has 1 heterocycles. The van der Waals surface area contributed by atoms with Gasteiger partial charge in [-0.1, -0.05) is 36.0 Å². The van der Waals surface area contributed by atoms with Crippen LogP contribution in [0.5, 0.6) is 0 Å². The highest BCUT2D eigenvalue weighted by molar-refractivity contribution is 7.99. The number of rotatable bonds is 5. The van der Waals surface area contributed by atoms with Crippen molar-refractivity contribution in [3.8, 4) is 0 Å². The molecular formula is C19H24N4OS. The van der Waals surface area contributed by atoms with Crippen molar-refractivity contribution in [2.45, 2.75) is 56.3 Å². The normalized spacial score (nSPS) is 19.5. The Balaban J connectivity index is 1.43. The molecule has 0 aliphatic heterocycles. The number of thioether (sulfide) groups is 1. The Morgan fingerprint density at radius 1 is 1.28 bits per heavy atom. The Kier molecular flexibility index (Phi) is 4.54. The molecule has 0 bridgehead atoms. The monoisotopic (exact) mass is 356 g/mol. The van der Waals surface area contributed by atoms with Gasteiger partial charge in [-0.3, -0.25) is 4.79 Å². The second-order valence-corrected chi connectivity index (χ2v) is 7.97. The lowest BCUT2D eigenvalue weighted by Gasteiger charge is -2.33. The first-order valence-corrected chi connectivity index (χ1v) is 10.0. The third-order valence-corrected chi connectivity index (χ3v) is 6.20. The van der Waals surface area contributed by atoms with E-state index in [1.54, 1.807) is 0 Å². The first-order chi connectivity index (χ1) is 12.1. The second kappa shape index (κ2) is 6.83. The van der Waals surface area contributed by atoms with Crippen molar-refractivity contribution in [2.24, 2.45) is 0 Å². The van der Waals surface area contributed by atoms with E-state index in [9.17, 15) is 4.79 Å². The molecule has 1 amide bonds. The summed E-state index contributed by atoms with van der Waals surface area (Å²) < 4.78 is 2.19. The second-order valence-electron chi connectivity index (χ2n) is 7.03. The van der Waals surface area contributed by atoms with E-state index in [2.05, 4.69) is 39.0 Å². The zero-order chi connectivity index (χ0) is 17.4. The van der Waals surface area contributed by atoms with Crippen molar-refractivity contribution >= 4 is 17.7 Å². The average molecular weight is 356 g/mol. The smallest absolute Gasteiger partial charge is 0.233 e. The number of hydrogen-bond donors (Lipinski definition) is 0. The maximum absolute atomic E-state index is 12.8. The highest BCUT2D eigenvalue weighted by Gasteiger charge is 2.30. The molecule has 4 rings (SSSR count). The van der Waals surface area contributed by atoms with E-state index in [0.29, 0.717) is 11.8 Å². The molecule has 0 unspecified atom stereocenters. The summed E-state index contributed by atoms with van der Waals surface area (Å²) in [6.07, 6.45) is 5.69. The third kappa shape index (κ3) is 3.32. The van der Waals surface area contributed by atoms with Gasteiger partial charge in [0, 0.05) is 13.1 Å². The number of benzene rings is 1. The molecule has 1 aromatic carbocycles. The van der Waals surface area contributed by atoms with Crippen molar-refractivity contribution < 1.29 is 4.79 Å². The summed E-state index contributed by atoms with van der Waals surface area (Å²) in [6, 6.07) is 9.26. The molecular weight excluding hydrogens is 332 g/mol. The summed E-state index contributed by atoms with van der Waals surface area (Å²) in [5, 5.41) is 9.33. The van der Waals surface area contributed by atoms with Gasteiger partial charge < -0.3 is 9.47 Å². The van der Waals surface area contributed by atoms with Crippen LogP contribution in [0.15, 0.2) is 29.4 Å². The van der Waals surface area contributed by atoms with Crippen LogP contribution in [0.4, 0.5) is 0 Å². The fourth-order valence-corrected chi connectivity index (χ4v) is 4.71. The van der Waals surface area contributed by atoms with Gasteiger partial charge in [-0.05, 0) is 50.2 Å². The van der Waals surface area contributed by atoms with Crippen LogP contribution in [0.2, 0.25) is 0 Å². The molecule has 25 heavy (non-hydrogen) atoms. The van der Waals surface area contributed by atoms with E-state index in [-0.39, 0.29) is 11.9 Å². The maximum atomic E-state index is 12.8. The minimum atomic E-state index is 0.162. The summed E-state index contributed by atoms with van der Waals surface area (Å²) in [5.74, 6) is 1.53. The average Bonchev–Trinajstić information content (AvgIpc) is 3.41. The zero-order valence-electron chi connectivity index (χ0n) is 14.8. The van der Waals surface area contributed by atoms with Crippen molar-refractivity contribution in [3.05, 3.63) is 41.2 Å². The van der Waals surface area contributed by atoms with Gasteiger partial charge >= 0.3 is 0 Å². The van der Waals surface area contributed by atoms with E-state index in [1.807, 2.05) is 18.9 Å². The highest BCUT2D eigenvalue weighted by Crippen LogP contribution is 2.39. The SMILES string of the molecule is Cc1nnc(SCC(=O)N(C)[C@H]2CCCc3ccccc32)n1C1CC1. The largest absolute Gasteiger partial charge is 0.338 e. The summed E-state index contributed by atoms with van der Waals surface area (Å²) in [6.45, 7) is 1.99. The molecule has 6 heteroatoms. The van der Waals surface area contributed by atoms with Crippen LogP contribution in [0.3, 0.4) is 0 Å². The Morgan fingerprint density at radius 2 is 2.08 bits per heavy atom. The number of fused-ring (bicyclic) bond motifs is 1. The zero-order valence-corrected chi connectivity index (χ0v) is 15.6. The van der Waals surface area contributed by atoms with E-state index in [0.717, 1.165) is 30.2 Å². The Bertz CT molecular complexity index is 783. The summed E-state index contributed by atoms with van der Waals surface area (Å²) in [4.78, 5) is 14.7. The molecule has 0 saturated heterocycles. The van der Waals surface area contributed by atoms with Crippen molar-refractivity contribution in [2.75, 3.05) is 12.8 Å². The van der Waals surface area contributed by atoms with Crippen LogP contribution < -0.4 is 0 Å². The quantitative estimate of drug-likeness (QED) is 0.769. The van der Waals surface area contributed by atoms with Crippen LogP contribution in [-0.4, -0.2) is 38.4 Å². The minimum Gasteiger partial charge on any atom is -0.338 e. The molecule has 1 fully saturated rings. The molecule has 132 valence electrons. The Labute approximate surface area is 152 Å². The predicted octanol–water partition coefficient (Wildman–Crippen LogP) is 3.55. The lowest BCUT2D eigenvalue weighted by Crippen LogP contribution is -2.34. The van der Waals surface area contributed by atoms with E-state index in [4.69, 9.17) is 0 Å². The van der Waals surface area contributed by atoms with Gasteiger partial charge in [0.15, 0.2) is 5.16 Å². The number of carbonyl (C=O) groups excluding carboxylic acids is 1. The molecule has 1 aromatic heterocycles. The first-order valence-electron chi connectivity index (χ1n) is 9.03. The number of hydrogen-bond acceptors (Lipinski definition) is 4. The van der Waals surface area contributed by atoms with E-state index in [1.165, 1.54) is 35.7 Å². The van der Waals surface area contributed by atoms with Crippen molar-refractivity contribution in [1.82, 2.24) is 19.7 Å². The van der Waals surface area contributed by atoms with Crippen molar-refractivity contribution in [1.29, 1.82) is 0 Å². The van der Waals surface area contributed by atoms with Gasteiger partial charge in [-0.25, -0.2) is 0 Å². The third-order valence-electron chi connectivity index (χ3n) is 5.27. The van der Waals surface area contributed by atoms with Gasteiger partial charge in [0.05, 0.1) is 11.8 Å². The Morgan fingerprint density at radius 3 is 2.88 bits per heavy atom. The molecule has 0 radical (unpaired) electrons. The van der Waals surface area contributed by atoms with Gasteiger partial charge in [0.25, 0.3) is 0 Å². The van der Waals surface area contributed by atoms with Crippen LogP contribution in [0.1, 0.15) is 54.7 Å². The van der Waals surface area contributed by atoms with Crippen molar-refractivity contribution in [3.63, 3.8) is 0 Å². The van der Waals surface area contributed by atoms with Gasteiger partial charge in [0.1, 0.15) is 5.82 Å². The fraction of sp³-hybridized carbons (Fsp3) is 0.526. The summed E-state index contributed by atoms with van der Waals surface area (Å²) in [7, 11) is 1.94. The lowest BCUT2D eigenvalue weighted by atomic mass is 9.87. The van der Waals surface area contributed by atoms with E-state index < -0.39 is 0 Å². The van der Waals surface area contributed by atoms with Crippen LogP contribution >= 0.6 is 11.8 Å². The van der Waals surface area contributed by atoms with Crippen LogP contribution in [0.25, 0.3) is 0 Å². The van der Waals surface area contributed by atoms with Crippen LogP contribution in [-0.2, 0) is 11.2 Å². The molecule has 2 aromatic rings. The first kappa shape index (κ1) is 16.6. The number of aryl methyl sites for hydroxylation is 2. The summed E-state index contributed by atoms with van der Waals surface area (Å²) >= 11 is 1.52. The molecule has 1 saturated carbocycles. The molecule has 1 atom stereocenters. The molecule has 2 aliphatic rings. The molecule has 0 spiro atoms.